The normalized spacial score (nSPS) is 22.7. The Morgan fingerprint density at radius 1 is 1.09 bits per heavy atom. The second-order valence-electron chi connectivity index (χ2n) is 10.6. The number of hydrogen-bond acceptors (Lipinski definition) is 4. The molecule has 1 saturated heterocycles. The van der Waals surface area contributed by atoms with Crippen molar-refractivity contribution in [2.75, 3.05) is 13.1 Å². The van der Waals surface area contributed by atoms with Crippen LogP contribution in [0.4, 0.5) is 4.79 Å². The third-order valence-corrected chi connectivity index (χ3v) is 8.29. The van der Waals surface area contributed by atoms with Gasteiger partial charge in [0.2, 0.25) is 0 Å². The van der Waals surface area contributed by atoms with E-state index in [0.717, 1.165) is 17.5 Å². The molecule has 0 radical (unpaired) electrons. The van der Waals surface area contributed by atoms with Crippen molar-refractivity contribution in [1.29, 1.82) is 0 Å². The number of amides is 1. The van der Waals surface area contributed by atoms with Gasteiger partial charge in [-0.15, -0.1) is 0 Å². The van der Waals surface area contributed by atoms with Crippen LogP contribution in [0.1, 0.15) is 63.6 Å². The molecule has 0 N–H and O–H groups in total. The number of piperidine rings is 1. The van der Waals surface area contributed by atoms with Gasteiger partial charge in [-0.3, -0.25) is 0 Å². The fourth-order valence-corrected chi connectivity index (χ4v) is 6.04. The highest BCUT2D eigenvalue weighted by Gasteiger charge is 2.62. The van der Waals surface area contributed by atoms with E-state index in [-0.39, 0.29) is 17.3 Å². The van der Waals surface area contributed by atoms with Crippen molar-refractivity contribution >= 4 is 15.9 Å². The maximum Gasteiger partial charge on any atom is 0.410 e. The summed E-state index contributed by atoms with van der Waals surface area (Å²) < 4.78 is 31.4. The lowest BCUT2D eigenvalue weighted by molar-refractivity contribution is 0.0270. The first kappa shape index (κ1) is 22.8. The second-order valence-corrected chi connectivity index (χ2v) is 12.6. The predicted molar refractivity (Wildman–Crippen MR) is 125 cm³/mol. The number of rotatable bonds is 5. The smallest absolute Gasteiger partial charge is 0.410 e. The van der Waals surface area contributed by atoms with Crippen LogP contribution in [-0.2, 0) is 25.7 Å². The van der Waals surface area contributed by atoms with E-state index in [9.17, 15) is 13.2 Å². The van der Waals surface area contributed by atoms with E-state index in [1.807, 2.05) is 57.2 Å². The number of likely N-dealkylation sites (tertiary alicyclic amines) is 1. The van der Waals surface area contributed by atoms with Gasteiger partial charge in [0.15, 0.2) is 9.84 Å². The van der Waals surface area contributed by atoms with Gasteiger partial charge in [0.1, 0.15) is 5.60 Å². The van der Waals surface area contributed by atoms with Gasteiger partial charge in [-0.25, -0.2) is 13.2 Å². The zero-order valence-electron chi connectivity index (χ0n) is 19.6. The Labute approximate surface area is 191 Å². The third kappa shape index (κ3) is 4.56. The Balaban J connectivity index is 1.45. The predicted octanol–water partition coefficient (Wildman–Crippen LogP) is 5.29. The average Bonchev–Trinajstić information content (AvgIpc) is 3.28. The summed E-state index contributed by atoms with van der Waals surface area (Å²) in [6.45, 7) is 11.2. The van der Waals surface area contributed by atoms with Gasteiger partial charge in [0.05, 0.1) is 10.6 Å². The molecule has 4 rings (SSSR count). The first-order valence-corrected chi connectivity index (χ1v) is 12.9. The lowest BCUT2D eigenvalue weighted by Gasteiger charge is -2.26. The molecule has 2 aliphatic rings. The summed E-state index contributed by atoms with van der Waals surface area (Å²) >= 11 is 0. The summed E-state index contributed by atoms with van der Waals surface area (Å²) in [6.07, 6.45) is 0.757. The van der Waals surface area contributed by atoms with Crippen molar-refractivity contribution in [3.05, 3.63) is 65.2 Å². The Morgan fingerprint density at radius 2 is 1.72 bits per heavy atom. The van der Waals surface area contributed by atoms with Crippen LogP contribution in [0.5, 0.6) is 0 Å². The Morgan fingerprint density at radius 3 is 2.28 bits per heavy atom. The lowest BCUT2D eigenvalue weighted by Crippen LogP contribution is -2.37. The molecule has 2 fully saturated rings. The Hall–Kier alpha value is -2.34. The van der Waals surface area contributed by atoms with Crippen molar-refractivity contribution in [3.63, 3.8) is 0 Å². The molecule has 0 bridgehead atoms. The molecule has 32 heavy (non-hydrogen) atoms. The van der Waals surface area contributed by atoms with Crippen LogP contribution in [0.2, 0.25) is 0 Å². The number of hydrogen-bond donors (Lipinski definition) is 0. The monoisotopic (exact) mass is 455 g/mol. The molecule has 1 heterocycles. The summed E-state index contributed by atoms with van der Waals surface area (Å²) in [5.41, 5.74) is 2.52. The molecule has 172 valence electrons. The largest absolute Gasteiger partial charge is 0.444 e. The molecule has 1 aliphatic carbocycles. The number of sulfone groups is 1. The molecule has 0 unspecified atom stereocenters. The van der Waals surface area contributed by atoms with Crippen LogP contribution in [-0.4, -0.2) is 38.1 Å². The molecule has 1 saturated carbocycles. The highest BCUT2D eigenvalue weighted by molar-refractivity contribution is 7.90. The van der Waals surface area contributed by atoms with Crippen molar-refractivity contribution in [3.8, 4) is 0 Å². The van der Waals surface area contributed by atoms with E-state index in [1.54, 1.807) is 17.0 Å². The maximum atomic E-state index is 12.9. The summed E-state index contributed by atoms with van der Waals surface area (Å²) in [5.74, 6) is 0.822. The van der Waals surface area contributed by atoms with E-state index in [1.165, 1.54) is 5.56 Å². The number of nitrogens with zero attached hydrogens (tertiary/aromatic N) is 1. The van der Waals surface area contributed by atoms with Gasteiger partial charge < -0.3 is 9.64 Å². The quantitative estimate of drug-likeness (QED) is 0.614. The van der Waals surface area contributed by atoms with Gasteiger partial charge in [-0.05, 0) is 67.9 Å². The first-order chi connectivity index (χ1) is 14.9. The molecule has 1 aliphatic heterocycles. The first-order valence-electron chi connectivity index (χ1n) is 11.3. The Bertz CT molecular complexity index is 1100. The fraction of sp³-hybridized carbons (Fsp3) is 0.500. The van der Waals surface area contributed by atoms with Gasteiger partial charge in [0.25, 0.3) is 0 Å². The number of ether oxygens (including phenoxy) is 1. The number of benzene rings is 2. The standard InChI is InChI=1S/C26H33NO4S/c1-18(2)20-8-6-19(7-9-20)16-32(29,30)23-12-10-21(11-13-23)26-14-22(26)15-27(17-26)24(28)31-25(3,4)5/h6-13,18,22H,14-17H2,1-5H3/t22-,26+/m0/s1. The number of carbonyl (C=O) groups is 1. The molecule has 0 aromatic heterocycles. The molecule has 5 nitrogen and oxygen atoms in total. The highest BCUT2D eigenvalue weighted by atomic mass is 32.2. The average molecular weight is 456 g/mol. The van der Waals surface area contributed by atoms with E-state index in [0.29, 0.717) is 29.8 Å². The van der Waals surface area contributed by atoms with Gasteiger partial charge in [-0.1, -0.05) is 50.2 Å². The maximum absolute atomic E-state index is 12.9. The molecule has 2 atom stereocenters. The lowest BCUT2D eigenvalue weighted by atomic mass is 9.95. The molecule has 2 aromatic rings. The van der Waals surface area contributed by atoms with E-state index in [4.69, 9.17) is 4.74 Å². The summed E-state index contributed by atoms with van der Waals surface area (Å²) in [6, 6.07) is 15.1. The van der Waals surface area contributed by atoms with Crippen molar-refractivity contribution < 1.29 is 17.9 Å². The summed E-state index contributed by atoms with van der Waals surface area (Å²) in [7, 11) is -3.42. The number of fused-ring (bicyclic) bond motifs is 1. The molecule has 1 amide bonds. The van der Waals surface area contributed by atoms with E-state index < -0.39 is 15.4 Å². The summed E-state index contributed by atoms with van der Waals surface area (Å²) in [5, 5.41) is 0. The third-order valence-electron chi connectivity index (χ3n) is 6.59. The van der Waals surface area contributed by atoms with E-state index >= 15 is 0 Å². The minimum Gasteiger partial charge on any atom is -0.444 e. The zero-order valence-corrected chi connectivity index (χ0v) is 20.4. The van der Waals surface area contributed by atoms with Gasteiger partial charge >= 0.3 is 6.09 Å². The minimum atomic E-state index is -3.42. The van der Waals surface area contributed by atoms with Crippen LogP contribution in [0.3, 0.4) is 0 Å². The van der Waals surface area contributed by atoms with Crippen molar-refractivity contribution in [2.24, 2.45) is 5.92 Å². The van der Waals surface area contributed by atoms with Crippen molar-refractivity contribution in [1.82, 2.24) is 4.90 Å². The van der Waals surface area contributed by atoms with Gasteiger partial charge in [-0.2, -0.15) is 0 Å². The molecule has 6 heteroatoms. The SMILES string of the molecule is CC(C)c1ccc(CS(=O)(=O)c2ccc([C@]34C[C@H]3CN(C(=O)OC(C)(C)C)C4)cc2)cc1. The second kappa shape index (κ2) is 7.91. The van der Waals surface area contributed by atoms with Crippen LogP contribution >= 0.6 is 0 Å². The van der Waals surface area contributed by atoms with Crippen LogP contribution < -0.4 is 0 Å². The Kier molecular flexibility index (Phi) is 5.64. The van der Waals surface area contributed by atoms with Gasteiger partial charge in [0, 0.05) is 18.5 Å². The highest BCUT2D eigenvalue weighted by Crippen LogP contribution is 2.59. The molecule has 2 aromatic carbocycles. The van der Waals surface area contributed by atoms with Crippen LogP contribution in [0.25, 0.3) is 0 Å². The summed E-state index contributed by atoms with van der Waals surface area (Å²) in [4.78, 5) is 14.6. The molecule has 0 spiro atoms. The minimum absolute atomic E-state index is 0.00902. The van der Waals surface area contributed by atoms with Crippen molar-refractivity contribution in [2.45, 2.75) is 68.6 Å². The van der Waals surface area contributed by atoms with Crippen LogP contribution in [0.15, 0.2) is 53.4 Å². The molecular weight excluding hydrogens is 422 g/mol. The molecular formula is C26H33NO4S. The van der Waals surface area contributed by atoms with E-state index in [2.05, 4.69) is 13.8 Å². The topological polar surface area (TPSA) is 63.7 Å². The van der Waals surface area contributed by atoms with Crippen LogP contribution in [0, 0.1) is 5.92 Å². The number of carbonyl (C=O) groups excluding carboxylic acids is 1. The fourth-order valence-electron chi connectivity index (χ4n) is 4.69. The zero-order chi connectivity index (χ0) is 23.3.